The molecule has 4 aromatic rings. The van der Waals surface area contributed by atoms with Crippen molar-refractivity contribution in [2.24, 2.45) is 0 Å². The molecule has 1 saturated carbocycles. The number of carbonyl (C=O) groups excluding carboxylic acids is 2. The highest BCUT2D eigenvalue weighted by molar-refractivity contribution is 5.99. The van der Waals surface area contributed by atoms with Gasteiger partial charge in [-0.2, -0.15) is 0 Å². The number of ether oxygens (including phenoxy) is 1. The Bertz CT molecular complexity index is 1390. The molecule has 6 nitrogen and oxygen atoms in total. The zero-order valence-corrected chi connectivity index (χ0v) is 20.8. The van der Waals surface area contributed by atoms with Gasteiger partial charge in [0.2, 0.25) is 5.91 Å². The number of hydrogen-bond acceptors (Lipinski definition) is 3. The van der Waals surface area contributed by atoms with Gasteiger partial charge in [0.1, 0.15) is 18.1 Å². The fourth-order valence-electron chi connectivity index (χ4n) is 4.67. The Hall–Kier alpha value is -4.13. The van der Waals surface area contributed by atoms with Crippen molar-refractivity contribution < 1.29 is 18.7 Å². The largest absolute Gasteiger partial charge is 0.496 e. The third kappa shape index (κ3) is 5.66. The average molecular weight is 500 g/mol. The Kier molecular flexibility index (Phi) is 7.21. The zero-order valence-electron chi connectivity index (χ0n) is 20.8. The molecule has 190 valence electrons. The number of aromatic nitrogens is 1. The number of aromatic amines is 1. The van der Waals surface area contributed by atoms with E-state index in [0.717, 1.165) is 34.9 Å². The van der Waals surface area contributed by atoms with E-state index in [0.29, 0.717) is 30.8 Å². The van der Waals surface area contributed by atoms with Crippen molar-refractivity contribution in [3.63, 3.8) is 0 Å². The monoisotopic (exact) mass is 499 g/mol. The fourth-order valence-corrected chi connectivity index (χ4v) is 4.67. The van der Waals surface area contributed by atoms with E-state index in [-0.39, 0.29) is 30.2 Å². The number of benzene rings is 3. The smallest absolute Gasteiger partial charge is 0.258 e. The van der Waals surface area contributed by atoms with Gasteiger partial charge in [-0.05, 0) is 60.7 Å². The highest BCUT2D eigenvalue weighted by Crippen LogP contribution is 2.30. The van der Waals surface area contributed by atoms with Crippen LogP contribution in [0.5, 0.6) is 5.75 Å². The van der Waals surface area contributed by atoms with Crippen LogP contribution < -0.4 is 4.74 Å². The summed E-state index contributed by atoms with van der Waals surface area (Å²) < 4.78 is 18.9. The summed E-state index contributed by atoms with van der Waals surface area (Å²) in [6.45, 7) is 0.791. The number of nitrogens with one attached hydrogen (secondary N) is 1. The van der Waals surface area contributed by atoms with E-state index >= 15 is 0 Å². The molecule has 0 aliphatic heterocycles. The van der Waals surface area contributed by atoms with Gasteiger partial charge in [0.05, 0.1) is 12.7 Å². The minimum Gasteiger partial charge on any atom is -0.496 e. The number of methoxy groups -OCH3 is 1. The highest BCUT2D eigenvalue weighted by atomic mass is 19.1. The Balaban J connectivity index is 1.36. The molecular weight excluding hydrogens is 469 g/mol. The van der Waals surface area contributed by atoms with Gasteiger partial charge in [0.15, 0.2) is 0 Å². The number of amides is 2. The van der Waals surface area contributed by atoms with Crippen LogP contribution in [0.1, 0.15) is 34.3 Å². The van der Waals surface area contributed by atoms with Gasteiger partial charge in [-0.3, -0.25) is 9.59 Å². The van der Waals surface area contributed by atoms with Crippen molar-refractivity contribution in [2.45, 2.75) is 31.8 Å². The summed E-state index contributed by atoms with van der Waals surface area (Å²) in [5.41, 5.74) is 3.46. The van der Waals surface area contributed by atoms with Crippen LogP contribution in [0, 0.1) is 5.82 Å². The predicted molar refractivity (Wildman–Crippen MR) is 141 cm³/mol. The average Bonchev–Trinajstić information content (AvgIpc) is 3.69. The molecule has 2 amide bonds. The first-order chi connectivity index (χ1) is 18.0. The Morgan fingerprint density at radius 1 is 1.00 bits per heavy atom. The maximum Gasteiger partial charge on any atom is 0.258 e. The highest BCUT2D eigenvalue weighted by Gasteiger charge is 2.36. The minimum atomic E-state index is -0.317. The molecule has 1 heterocycles. The molecule has 5 rings (SSSR count). The number of fused-ring (bicyclic) bond motifs is 1. The lowest BCUT2D eigenvalue weighted by Gasteiger charge is -2.28. The van der Waals surface area contributed by atoms with E-state index in [9.17, 15) is 14.0 Å². The number of H-pyrrole nitrogens is 1. The third-order valence-corrected chi connectivity index (χ3v) is 6.86. The molecule has 0 unspecified atom stereocenters. The molecule has 1 aromatic heterocycles. The summed E-state index contributed by atoms with van der Waals surface area (Å²) in [5, 5.41) is 1.13. The van der Waals surface area contributed by atoms with E-state index in [2.05, 4.69) is 11.1 Å². The van der Waals surface area contributed by atoms with E-state index in [1.807, 2.05) is 30.5 Å². The second-order valence-electron chi connectivity index (χ2n) is 9.42. The summed E-state index contributed by atoms with van der Waals surface area (Å²) in [6, 6.07) is 21.4. The Morgan fingerprint density at radius 3 is 2.49 bits per heavy atom. The molecule has 37 heavy (non-hydrogen) atoms. The molecule has 0 spiro atoms. The lowest BCUT2D eigenvalue weighted by Crippen LogP contribution is -2.44. The lowest BCUT2D eigenvalue weighted by atomic mass is 10.1. The summed E-state index contributed by atoms with van der Waals surface area (Å²) in [4.78, 5) is 33.9. The Morgan fingerprint density at radius 2 is 1.73 bits per heavy atom. The van der Waals surface area contributed by atoms with Crippen LogP contribution in [-0.4, -0.2) is 52.8 Å². The first-order valence-corrected chi connectivity index (χ1v) is 12.5. The predicted octanol–water partition coefficient (Wildman–Crippen LogP) is 5.19. The minimum absolute atomic E-state index is 0.0172. The van der Waals surface area contributed by atoms with Crippen molar-refractivity contribution in [1.29, 1.82) is 0 Å². The standard InChI is InChI=1S/C30H30FN3O3/c1-37-28-9-5-3-7-26(28)30(36)34(24-14-15-24)20-29(35)33(19-21-10-12-23(31)13-11-21)17-16-22-18-32-27-8-4-2-6-25(22)27/h2-13,18,24,32H,14-17,19-20H2,1H3. The first kappa shape index (κ1) is 24.6. The van der Waals surface area contributed by atoms with Crippen LogP contribution in [-0.2, 0) is 17.8 Å². The van der Waals surface area contributed by atoms with Crippen molar-refractivity contribution >= 4 is 22.7 Å². The Labute approximate surface area is 215 Å². The summed E-state index contributed by atoms with van der Waals surface area (Å²) in [7, 11) is 1.54. The van der Waals surface area contributed by atoms with Crippen LogP contribution in [0.15, 0.2) is 79.0 Å². The normalized spacial score (nSPS) is 12.9. The van der Waals surface area contributed by atoms with Gasteiger partial charge < -0.3 is 19.5 Å². The molecule has 0 atom stereocenters. The van der Waals surface area contributed by atoms with Gasteiger partial charge in [-0.15, -0.1) is 0 Å². The molecule has 1 N–H and O–H groups in total. The van der Waals surface area contributed by atoms with Crippen LogP contribution >= 0.6 is 0 Å². The van der Waals surface area contributed by atoms with Gasteiger partial charge in [-0.1, -0.05) is 42.5 Å². The van der Waals surface area contributed by atoms with E-state index in [1.54, 1.807) is 40.1 Å². The number of hydrogen-bond donors (Lipinski definition) is 1. The summed E-state index contributed by atoms with van der Waals surface area (Å²) >= 11 is 0. The molecule has 1 fully saturated rings. The molecule has 0 radical (unpaired) electrons. The molecule has 1 aliphatic rings. The molecule has 1 aliphatic carbocycles. The fraction of sp³-hybridized carbons (Fsp3) is 0.267. The van der Waals surface area contributed by atoms with Crippen molar-refractivity contribution in [1.82, 2.24) is 14.8 Å². The second kappa shape index (κ2) is 10.9. The molecule has 0 bridgehead atoms. The van der Waals surface area contributed by atoms with E-state index < -0.39 is 0 Å². The van der Waals surface area contributed by atoms with Crippen molar-refractivity contribution in [2.75, 3.05) is 20.2 Å². The van der Waals surface area contributed by atoms with Crippen LogP contribution in [0.25, 0.3) is 10.9 Å². The molecule has 7 heteroatoms. The molecule has 0 saturated heterocycles. The number of rotatable bonds is 10. The van der Waals surface area contributed by atoms with E-state index in [4.69, 9.17) is 4.74 Å². The summed E-state index contributed by atoms with van der Waals surface area (Å²) in [5.74, 6) is -0.165. The van der Waals surface area contributed by atoms with E-state index in [1.165, 1.54) is 19.2 Å². The van der Waals surface area contributed by atoms with Crippen LogP contribution in [0.2, 0.25) is 0 Å². The number of para-hydroxylation sites is 2. The SMILES string of the molecule is COc1ccccc1C(=O)N(CC(=O)N(CCc1c[nH]c2ccccc12)Cc1ccc(F)cc1)C1CC1. The van der Waals surface area contributed by atoms with Gasteiger partial charge >= 0.3 is 0 Å². The first-order valence-electron chi connectivity index (χ1n) is 12.5. The number of halogens is 1. The van der Waals surface area contributed by atoms with Gasteiger partial charge in [0, 0.05) is 36.2 Å². The van der Waals surface area contributed by atoms with Gasteiger partial charge in [-0.25, -0.2) is 4.39 Å². The van der Waals surface area contributed by atoms with Crippen LogP contribution in [0.3, 0.4) is 0 Å². The van der Waals surface area contributed by atoms with Gasteiger partial charge in [0.25, 0.3) is 5.91 Å². The van der Waals surface area contributed by atoms with Crippen LogP contribution in [0.4, 0.5) is 4.39 Å². The molecular formula is C30H30FN3O3. The van der Waals surface area contributed by atoms with Crippen molar-refractivity contribution in [3.8, 4) is 5.75 Å². The number of nitrogens with zero attached hydrogens (tertiary/aromatic N) is 2. The maximum absolute atomic E-state index is 13.7. The number of carbonyl (C=O) groups is 2. The second-order valence-corrected chi connectivity index (χ2v) is 9.42. The quantitative estimate of drug-likeness (QED) is 0.327. The lowest BCUT2D eigenvalue weighted by molar-refractivity contribution is -0.132. The molecule has 3 aromatic carbocycles. The topological polar surface area (TPSA) is 65.6 Å². The zero-order chi connectivity index (χ0) is 25.8. The third-order valence-electron chi connectivity index (χ3n) is 6.86. The van der Waals surface area contributed by atoms with Crippen molar-refractivity contribution in [3.05, 3.63) is 102 Å². The summed E-state index contributed by atoms with van der Waals surface area (Å²) in [6.07, 6.45) is 4.39. The maximum atomic E-state index is 13.7.